The molecule has 0 spiro atoms. The van der Waals surface area contributed by atoms with Gasteiger partial charge in [-0.1, -0.05) is 0 Å². The Morgan fingerprint density at radius 1 is 1.56 bits per heavy atom. The Bertz CT molecular complexity index is 279. The van der Waals surface area contributed by atoms with Gasteiger partial charge in [0, 0.05) is 19.5 Å². The molecule has 1 rings (SSSR count). The van der Waals surface area contributed by atoms with Crippen molar-refractivity contribution in [3.8, 4) is 6.07 Å². The summed E-state index contributed by atoms with van der Waals surface area (Å²) in [6.45, 7) is 4.24. The summed E-state index contributed by atoms with van der Waals surface area (Å²) in [5, 5.41) is 16.9. The monoisotopic (exact) mass is 226 g/mol. The Kier molecular flexibility index (Phi) is 4.71. The number of ether oxygens (including phenoxy) is 1. The van der Waals surface area contributed by atoms with E-state index < -0.39 is 5.97 Å². The van der Waals surface area contributed by atoms with Crippen LogP contribution in [0, 0.1) is 11.3 Å². The summed E-state index contributed by atoms with van der Waals surface area (Å²) in [6.07, 6.45) is 2.56. The van der Waals surface area contributed by atoms with Gasteiger partial charge in [-0.2, -0.15) is 5.26 Å². The van der Waals surface area contributed by atoms with Gasteiger partial charge in [-0.3, -0.25) is 4.90 Å². The van der Waals surface area contributed by atoms with Gasteiger partial charge in [-0.05, 0) is 26.3 Å². The molecule has 1 N–H and O–H groups in total. The van der Waals surface area contributed by atoms with Gasteiger partial charge in [-0.15, -0.1) is 0 Å². The van der Waals surface area contributed by atoms with Crippen LogP contribution in [0.15, 0.2) is 0 Å². The minimum Gasteiger partial charge on any atom is -0.480 e. The van der Waals surface area contributed by atoms with E-state index in [2.05, 4.69) is 11.0 Å². The van der Waals surface area contributed by atoms with Gasteiger partial charge in [-0.25, -0.2) is 4.79 Å². The average molecular weight is 226 g/mol. The normalized spacial score (nSPS) is 18.8. The van der Waals surface area contributed by atoms with Crippen LogP contribution in [0.5, 0.6) is 0 Å². The number of rotatable bonds is 7. The molecule has 1 heterocycles. The van der Waals surface area contributed by atoms with Crippen LogP contribution in [-0.2, 0) is 9.53 Å². The maximum Gasteiger partial charge on any atom is 0.329 e. The van der Waals surface area contributed by atoms with Gasteiger partial charge >= 0.3 is 5.97 Å². The number of nitriles is 1. The largest absolute Gasteiger partial charge is 0.480 e. The second kappa shape index (κ2) is 5.83. The number of nitrogens with zero attached hydrogens (tertiary/aromatic N) is 2. The molecule has 0 radical (unpaired) electrons. The average Bonchev–Trinajstić information content (AvgIpc) is 2.18. The first kappa shape index (κ1) is 12.9. The number of hydrogen-bond acceptors (Lipinski definition) is 4. The van der Waals surface area contributed by atoms with E-state index in [-0.39, 0.29) is 12.2 Å². The number of hydrogen-bond donors (Lipinski definition) is 1. The topological polar surface area (TPSA) is 73.6 Å². The zero-order valence-corrected chi connectivity index (χ0v) is 9.61. The molecule has 0 unspecified atom stereocenters. The molecule has 1 aliphatic heterocycles. The van der Waals surface area contributed by atoms with Gasteiger partial charge in [0.2, 0.25) is 0 Å². The van der Waals surface area contributed by atoms with Crippen molar-refractivity contribution >= 4 is 5.97 Å². The molecule has 1 fully saturated rings. The lowest BCUT2D eigenvalue weighted by Gasteiger charge is -2.47. The fraction of sp³-hybridized carbons (Fsp3) is 0.818. The Labute approximate surface area is 95.6 Å². The van der Waals surface area contributed by atoms with E-state index in [1.807, 2.05) is 6.92 Å². The third kappa shape index (κ3) is 4.17. The molecule has 16 heavy (non-hydrogen) atoms. The van der Waals surface area contributed by atoms with Crippen molar-refractivity contribution in [3.63, 3.8) is 0 Å². The van der Waals surface area contributed by atoms with Crippen LogP contribution in [0.25, 0.3) is 0 Å². The number of carboxylic acids is 1. The van der Waals surface area contributed by atoms with Crippen LogP contribution in [0.3, 0.4) is 0 Å². The molecule has 0 amide bonds. The van der Waals surface area contributed by atoms with Crippen molar-refractivity contribution < 1.29 is 14.6 Å². The Morgan fingerprint density at radius 3 is 2.81 bits per heavy atom. The van der Waals surface area contributed by atoms with Gasteiger partial charge in [0.15, 0.2) is 0 Å². The van der Waals surface area contributed by atoms with Crippen molar-refractivity contribution in [2.75, 3.05) is 26.2 Å². The number of likely N-dealkylation sites (tertiary alicyclic amines) is 1. The summed E-state index contributed by atoms with van der Waals surface area (Å²) in [4.78, 5) is 12.6. The van der Waals surface area contributed by atoms with Crippen molar-refractivity contribution in [2.45, 2.75) is 31.8 Å². The minimum atomic E-state index is -0.923. The second-order valence-corrected chi connectivity index (χ2v) is 4.46. The van der Waals surface area contributed by atoms with Gasteiger partial charge in [0.05, 0.1) is 11.7 Å². The molecule has 0 aliphatic carbocycles. The summed E-state index contributed by atoms with van der Waals surface area (Å²) in [5.74, 6) is -0.923. The van der Waals surface area contributed by atoms with Crippen LogP contribution in [0.4, 0.5) is 0 Å². The standard InChI is InChI=1S/C11H18N2O3/c1-11(16-7-10(14)15)8-13(9-11)6-4-2-3-5-12/h2-4,6-9H2,1H3,(H,14,15). The summed E-state index contributed by atoms with van der Waals surface area (Å²) in [5.41, 5.74) is -0.298. The molecular formula is C11H18N2O3. The van der Waals surface area contributed by atoms with E-state index >= 15 is 0 Å². The molecule has 5 heteroatoms. The molecule has 0 aromatic heterocycles. The number of unbranched alkanes of at least 4 members (excludes halogenated alkanes) is 2. The molecule has 0 bridgehead atoms. The van der Waals surface area contributed by atoms with E-state index in [9.17, 15) is 4.79 Å². The molecular weight excluding hydrogens is 208 g/mol. The first-order valence-corrected chi connectivity index (χ1v) is 5.51. The van der Waals surface area contributed by atoms with Crippen molar-refractivity contribution in [1.29, 1.82) is 5.26 Å². The maximum atomic E-state index is 10.3. The molecule has 5 nitrogen and oxygen atoms in total. The summed E-state index contributed by atoms with van der Waals surface area (Å²) >= 11 is 0. The molecule has 1 aliphatic rings. The highest BCUT2D eigenvalue weighted by Crippen LogP contribution is 2.24. The van der Waals surface area contributed by atoms with Crippen molar-refractivity contribution in [2.24, 2.45) is 0 Å². The van der Waals surface area contributed by atoms with Crippen LogP contribution < -0.4 is 0 Å². The fourth-order valence-corrected chi connectivity index (χ4v) is 1.92. The Balaban J connectivity index is 2.07. The van der Waals surface area contributed by atoms with Gasteiger partial charge in [0.25, 0.3) is 0 Å². The first-order valence-electron chi connectivity index (χ1n) is 5.51. The minimum absolute atomic E-state index is 0.223. The van der Waals surface area contributed by atoms with E-state index in [0.717, 1.165) is 32.5 Å². The predicted octanol–water partition coefficient (Wildman–Crippen LogP) is 0.856. The smallest absolute Gasteiger partial charge is 0.329 e. The van der Waals surface area contributed by atoms with E-state index in [4.69, 9.17) is 15.1 Å². The maximum absolute atomic E-state index is 10.3. The van der Waals surface area contributed by atoms with E-state index in [1.165, 1.54) is 0 Å². The fourth-order valence-electron chi connectivity index (χ4n) is 1.92. The second-order valence-electron chi connectivity index (χ2n) is 4.46. The number of carbonyl (C=O) groups is 1. The van der Waals surface area contributed by atoms with Crippen molar-refractivity contribution in [1.82, 2.24) is 4.90 Å². The number of carboxylic acid groups (broad SMARTS) is 1. The molecule has 1 saturated heterocycles. The van der Waals surface area contributed by atoms with Crippen LogP contribution in [0.1, 0.15) is 26.2 Å². The van der Waals surface area contributed by atoms with E-state index in [1.54, 1.807) is 0 Å². The zero-order valence-electron chi connectivity index (χ0n) is 9.61. The highest BCUT2D eigenvalue weighted by Gasteiger charge is 2.39. The van der Waals surface area contributed by atoms with Gasteiger partial charge in [0.1, 0.15) is 6.61 Å². The predicted molar refractivity (Wildman–Crippen MR) is 57.9 cm³/mol. The quantitative estimate of drug-likeness (QED) is 0.652. The summed E-state index contributed by atoms with van der Waals surface area (Å²) in [6, 6.07) is 2.12. The third-order valence-corrected chi connectivity index (χ3v) is 2.67. The molecule has 90 valence electrons. The molecule has 0 aromatic rings. The lowest BCUT2D eigenvalue weighted by atomic mass is 9.96. The lowest BCUT2D eigenvalue weighted by molar-refractivity contribution is -0.164. The Hall–Kier alpha value is -1.12. The van der Waals surface area contributed by atoms with Crippen LogP contribution in [-0.4, -0.2) is 47.8 Å². The van der Waals surface area contributed by atoms with Gasteiger partial charge < -0.3 is 9.84 Å². The SMILES string of the molecule is CC1(OCC(=O)O)CN(CCCCC#N)C1. The van der Waals surface area contributed by atoms with Crippen LogP contribution >= 0.6 is 0 Å². The highest BCUT2D eigenvalue weighted by atomic mass is 16.5. The molecule has 0 saturated carbocycles. The number of aliphatic carboxylic acids is 1. The molecule has 0 atom stereocenters. The van der Waals surface area contributed by atoms with Crippen molar-refractivity contribution in [3.05, 3.63) is 0 Å². The molecule has 0 aromatic carbocycles. The Morgan fingerprint density at radius 2 is 2.25 bits per heavy atom. The summed E-state index contributed by atoms with van der Waals surface area (Å²) < 4.78 is 5.29. The lowest BCUT2D eigenvalue weighted by Crippen LogP contribution is -2.61. The zero-order chi connectivity index (χ0) is 12.0. The summed E-state index contributed by atoms with van der Waals surface area (Å²) in [7, 11) is 0. The highest BCUT2D eigenvalue weighted by molar-refractivity contribution is 5.68. The first-order chi connectivity index (χ1) is 7.56. The van der Waals surface area contributed by atoms with E-state index in [0.29, 0.717) is 6.42 Å². The third-order valence-electron chi connectivity index (χ3n) is 2.67. The van der Waals surface area contributed by atoms with Crippen LogP contribution in [0.2, 0.25) is 0 Å².